The number of nitrogens with one attached hydrogen (secondary N) is 2. The zero-order chi connectivity index (χ0) is 20.3. The molecular weight excluding hydrogens is 407 g/mol. The van der Waals surface area contributed by atoms with Crippen LogP contribution in [0.1, 0.15) is 10.4 Å². The summed E-state index contributed by atoms with van der Waals surface area (Å²) < 4.78 is 17.9. The molecule has 28 heavy (non-hydrogen) atoms. The fourth-order valence-electron chi connectivity index (χ4n) is 2.53. The highest BCUT2D eigenvalue weighted by Crippen LogP contribution is 2.24. The minimum Gasteiger partial charge on any atom is -0.465 e. The monoisotopic (exact) mass is 420 g/mol. The number of pyridine rings is 1. The number of amides is 1. The Kier molecular flexibility index (Phi) is 6.01. The molecule has 0 fully saturated rings. The molecule has 0 aliphatic carbocycles. The molecule has 144 valence electrons. The fraction of sp³-hybridized carbons (Fsp3) is 0.105. The first kappa shape index (κ1) is 19.9. The van der Waals surface area contributed by atoms with Crippen LogP contribution in [0, 0.1) is 5.82 Å². The predicted octanol–water partition coefficient (Wildman–Crippen LogP) is 3.84. The number of thioether (sulfide) groups is 1. The molecule has 3 rings (SSSR count). The van der Waals surface area contributed by atoms with Gasteiger partial charge in [0.1, 0.15) is 11.4 Å². The number of aromatic nitrogens is 1. The van der Waals surface area contributed by atoms with E-state index in [1.807, 2.05) is 0 Å². The average Bonchev–Trinajstić information content (AvgIpc) is 2.66. The van der Waals surface area contributed by atoms with E-state index in [0.717, 1.165) is 18.9 Å². The zero-order valence-corrected chi connectivity index (χ0v) is 16.1. The Morgan fingerprint density at radius 3 is 2.75 bits per heavy atom. The summed E-state index contributed by atoms with van der Waals surface area (Å²) in [5.41, 5.74) is 0.0208. The van der Waals surface area contributed by atoms with Crippen molar-refractivity contribution < 1.29 is 18.7 Å². The van der Waals surface area contributed by atoms with Gasteiger partial charge in [0.2, 0.25) is 11.3 Å². The van der Waals surface area contributed by atoms with Crippen molar-refractivity contribution in [2.75, 3.05) is 18.2 Å². The maximum Gasteiger partial charge on any atom is 0.344 e. The number of carbonyl (C=O) groups is 2. The van der Waals surface area contributed by atoms with Gasteiger partial charge in [0.15, 0.2) is 0 Å². The van der Waals surface area contributed by atoms with Gasteiger partial charge in [-0.3, -0.25) is 9.59 Å². The Morgan fingerprint density at radius 1 is 1.25 bits per heavy atom. The van der Waals surface area contributed by atoms with Crippen LogP contribution >= 0.6 is 23.4 Å². The lowest BCUT2D eigenvalue weighted by Crippen LogP contribution is -2.20. The molecular formula is C19H14ClFN2O4S. The highest BCUT2D eigenvalue weighted by atomic mass is 35.5. The molecule has 6 nitrogen and oxygen atoms in total. The SMILES string of the molecule is COC(=O)c1c(SCC(=O)Nc2cccc(F)c2)[nH]c2ccc(Cl)cc2c1=O. The number of halogens is 2. The van der Waals surface area contributed by atoms with E-state index in [0.29, 0.717) is 16.2 Å². The van der Waals surface area contributed by atoms with Gasteiger partial charge in [0, 0.05) is 16.1 Å². The Bertz CT molecular complexity index is 1130. The van der Waals surface area contributed by atoms with E-state index < -0.39 is 23.1 Å². The van der Waals surface area contributed by atoms with Crippen molar-refractivity contribution in [3.05, 3.63) is 69.1 Å². The van der Waals surface area contributed by atoms with Crippen LogP contribution in [0.15, 0.2) is 52.3 Å². The number of fused-ring (bicyclic) bond motifs is 1. The Labute approximate surface area is 168 Å². The topological polar surface area (TPSA) is 88.3 Å². The molecule has 1 amide bonds. The zero-order valence-electron chi connectivity index (χ0n) is 14.5. The van der Waals surface area contributed by atoms with Crippen LogP contribution in [-0.2, 0) is 9.53 Å². The second kappa shape index (κ2) is 8.45. The lowest BCUT2D eigenvalue weighted by molar-refractivity contribution is -0.113. The van der Waals surface area contributed by atoms with Crippen LogP contribution < -0.4 is 10.7 Å². The van der Waals surface area contributed by atoms with Gasteiger partial charge in [-0.05, 0) is 36.4 Å². The van der Waals surface area contributed by atoms with Crippen molar-refractivity contribution >= 4 is 51.8 Å². The number of anilines is 1. The summed E-state index contributed by atoms with van der Waals surface area (Å²) in [6, 6.07) is 10.1. The smallest absolute Gasteiger partial charge is 0.344 e. The third-order valence-corrected chi connectivity index (χ3v) is 5.01. The first-order chi connectivity index (χ1) is 13.4. The molecule has 9 heteroatoms. The molecule has 0 atom stereocenters. The van der Waals surface area contributed by atoms with Crippen LogP contribution in [0.2, 0.25) is 5.02 Å². The van der Waals surface area contributed by atoms with Crippen molar-refractivity contribution in [3.8, 4) is 0 Å². The molecule has 0 spiro atoms. The molecule has 0 aliphatic heterocycles. The number of carbonyl (C=O) groups excluding carboxylic acids is 2. The summed E-state index contributed by atoms with van der Waals surface area (Å²) in [6.07, 6.45) is 0. The van der Waals surface area contributed by atoms with Gasteiger partial charge in [0.25, 0.3) is 0 Å². The first-order valence-corrected chi connectivity index (χ1v) is 9.37. The first-order valence-electron chi connectivity index (χ1n) is 8.01. The number of esters is 1. The van der Waals surface area contributed by atoms with Gasteiger partial charge < -0.3 is 15.0 Å². The lowest BCUT2D eigenvalue weighted by Gasteiger charge is -2.10. The van der Waals surface area contributed by atoms with E-state index >= 15 is 0 Å². The van der Waals surface area contributed by atoms with E-state index in [4.69, 9.17) is 16.3 Å². The van der Waals surface area contributed by atoms with Crippen molar-refractivity contribution in [1.29, 1.82) is 0 Å². The maximum absolute atomic E-state index is 13.2. The predicted molar refractivity (Wildman–Crippen MR) is 107 cm³/mol. The highest BCUT2D eigenvalue weighted by Gasteiger charge is 2.21. The molecule has 2 N–H and O–H groups in total. The van der Waals surface area contributed by atoms with Crippen LogP contribution in [-0.4, -0.2) is 29.7 Å². The summed E-state index contributed by atoms with van der Waals surface area (Å²) in [7, 11) is 1.16. The molecule has 3 aromatic rings. The number of H-pyrrole nitrogens is 1. The minimum atomic E-state index is -0.823. The summed E-state index contributed by atoms with van der Waals surface area (Å²) in [5.74, 6) is -1.84. The molecule has 0 unspecified atom stereocenters. The third kappa shape index (κ3) is 4.35. The molecule has 1 heterocycles. The van der Waals surface area contributed by atoms with Crippen LogP contribution in [0.25, 0.3) is 10.9 Å². The van der Waals surface area contributed by atoms with Gasteiger partial charge in [0.05, 0.1) is 23.4 Å². The summed E-state index contributed by atoms with van der Waals surface area (Å²) in [4.78, 5) is 40.0. The van der Waals surface area contributed by atoms with E-state index in [2.05, 4.69) is 10.3 Å². The van der Waals surface area contributed by atoms with Crippen molar-refractivity contribution in [2.45, 2.75) is 5.03 Å². The van der Waals surface area contributed by atoms with Gasteiger partial charge in [-0.25, -0.2) is 9.18 Å². The number of rotatable bonds is 5. The van der Waals surface area contributed by atoms with Gasteiger partial charge in [-0.2, -0.15) is 0 Å². The summed E-state index contributed by atoms with van der Waals surface area (Å²) in [6.45, 7) is 0. The van der Waals surface area contributed by atoms with Crippen molar-refractivity contribution in [2.24, 2.45) is 0 Å². The lowest BCUT2D eigenvalue weighted by atomic mass is 10.1. The maximum atomic E-state index is 13.2. The largest absolute Gasteiger partial charge is 0.465 e. The standard InChI is InChI=1S/C19H14ClFN2O4S/c1-27-19(26)16-17(25)13-7-10(20)5-6-14(13)23-18(16)28-9-15(24)22-12-4-2-3-11(21)8-12/h2-8H,9H2,1H3,(H,22,24)(H,23,25). The van der Waals surface area contributed by atoms with E-state index in [9.17, 15) is 18.8 Å². The normalized spacial score (nSPS) is 10.7. The van der Waals surface area contributed by atoms with Gasteiger partial charge >= 0.3 is 5.97 Å². The highest BCUT2D eigenvalue weighted by molar-refractivity contribution is 8.00. The van der Waals surface area contributed by atoms with Crippen molar-refractivity contribution in [1.82, 2.24) is 4.98 Å². The van der Waals surface area contributed by atoms with Crippen LogP contribution in [0.3, 0.4) is 0 Å². The molecule has 0 saturated heterocycles. The number of ether oxygens (including phenoxy) is 1. The second-order valence-corrected chi connectivity index (χ2v) is 7.11. The number of benzene rings is 2. The number of methoxy groups -OCH3 is 1. The molecule has 0 radical (unpaired) electrons. The Balaban J connectivity index is 1.89. The molecule has 2 aromatic carbocycles. The Hall–Kier alpha value is -2.84. The van der Waals surface area contributed by atoms with Crippen LogP contribution in [0.4, 0.5) is 10.1 Å². The third-order valence-electron chi connectivity index (χ3n) is 3.77. The van der Waals surface area contributed by atoms with Gasteiger partial charge in [-0.1, -0.05) is 29.4 Å². The minimum absolute atomic E-state index is 0.116. The second-order valence-electron chi connectivity index (χ2n) is 5.69. The molecule has 0 saturated carbocycles. The molecule has 0 aliphatic rings. The number of hydrogen-bond acceptors (Lipinski definition) is 5. The van der Waals surface area contributed by atoms with E-state index in [-0.39, 0.29) is 21.7 Å². The Morgan fingerprint density at radius 2 is 2.04 bits per heavy atom. The molecule has 1 aromatic heterocycles. The number of aromatic amines is 1. The quantitative estimate of drug-likeness (QED) is 0.483. The fourth-order valence-corrected chi connectivity index (χ4v) is 3.55. The van der Waals surface area contributed by atoms with Gasteiger partial charge in [-0.15, -0.1) is 0 Å². The summed E-state index contributed by atoms with van der Waals surface area (Å²) in [5, 5.41) is 3.33. The van der Waals surface area contributed by atoms with E-state index in [1.54, 1.807) is 18.2 Å². The molecule has 0 bridgehead atoms. The summed E-state index contributed by atoms with van der Waals surface area (Å²) >= 11 is 6.89. The van der Waals surface area contributed by atoms with Crippen LogP contribution in [0.5, 0.6) is 0 Å². The van der Waals surface area contributed by atoms with E-state index in [1.165, 1.54) is 24.3 Å². The van der Waals surface area contributed by atoms with Crippen molar-refractivity contribution in [3.63, 3.8) is 0 Å². The average molecular weight is 421 g/mol. The number of hydrogen-bond donors (Lipinski definition) is 2.